The number of nitrogens with zero attached hydrogens (tertiary/aromatic N) is 1. The summed E-state index contributed by atoms with van der Waals surface area (Å²) in [5.41, 5.74) is 1.10. The van der Waals surface area contributed by atoms with Crippen LogP contribution >= 0.6 is 24.0 Å². The molecule has 0 aliphatic heterocycles. The Balaban J connectivity index is 2.48. The molecule has 2 nitrogen and oxygen atoms in total. The van der Waals surface area contributed by atoms with E-state index in [0.29, 0.717) is 5.75 Å². The smallest absolute Gasteiger partial charge is 0.136 e. The summed E-state index contributed by atoms with van der Waals surface area (Å²) in [6.45, 7) is 6.10. The second-order valence-corrected chi connectivity index (χ2v) is 5.01. The molecule has 0 radical (unpaired) electrons. The fourth-order valence-electron chi connectivity index (χ4n) is 1.36. The number of rotatable bonds is 4. The number of hydrogen-bond donors (Lipinski definition) is 1. The molecule has 0 aliphatic rings. The topological polar surface area (TPSA) is 23.5 Å². The van der Waals surface area contributed by atoms with E-state index < -0.39 is 0 Å². The van der Waals surface area contributed by atoms with Crippen LogP contribution < -0.4 is 0 Å². The number of hydrogen-bond acceptors (Lipinski definition) is 3. The Bertz CT molecular complexity index is 351. The summed E-state index contributed by atoms with van der Waals surface area (Å²) < 4.78 is 0.924. The third kappa shape index (κ3) is 4.02. The van der Waals surface area contributed by atoms with Gasteiger partial charge in [0.05, 0.1) is 0 Å². The molecule has 0 atom stereocenters. The van der Waals surface area contributed by atoms with Crippen LogP contribution in [-0.4, -0.2) is 27.4 Å². The molecule has 0 aromatic heterocycles. The average molecular weight is 255 g/mol. The first kappa shape index (κ1) is 13.3. The quantitative estimate of drug-likeness (QED) is 0.834. The van der Waals surface area contributed by atoms with Crippen LogP contribution in [0.4, 0.5) is 0 Å². The van der Waals surface area contributed by atoms with Crippen molar-refractivity contribution in [1.29, 1.82) is 0 Å². The number of aromatic hydroxyl groups is 1. The van der Waals surface area contributed by atoms with Gasteiger partial charge in [0, 0.05) is 18.8 Å². The van der Waals surface area contributed by atoms with E-state index >= 15 is 0 Å². The molecule has 0 fully saturated rings. The molecule has 1 rings (SSSR count). The molecule has 1 aromatic carbocycles. The normalized spacial score (nSPS) is 10.1. The van der Waals surface area contributed by atoms with Gasteiger partial charge in [-0.1, -0.05) is 36.1 Å². The van der Waals surface area contributed by atoms with Crippen LogP contribution in [-0.2, 0) is 5.75 Å². The van der Waals surface area contributed by atoms with Crippen LogP contribution in [0, 0.1) is 0 Å². The van der Waals surface area contributed by atoms with E-state index in [2.05, 4.69) is 18.7 Å². The highest BCUT2D eigenvalue weighted by Crippen LogP contribution is 2.19. The molecule has 1 N–H and O–H groups in total. The molecule has 0 saturated heterocycles. The summed E-state index contributed by atoms with van der Waals surface area (Å²) in [7, 11) is 0. The van der Waals surface area contributed by atoms with E-state index in [9.17, 15) is 5.11 Å². The van der Waals surface area contributed by atoms with Crippen LogP contribution in [0.1, 0.15) is 19.4 Å². The van der Waals surface area contributed by atoms with Crippen molar-refractivity contribution < 1.29 is 5.11 Å². The van der Waals surface area contributed by atoms with Gasteiger partial charge >= 0.3 is 0 Å². The molecule has 0 bridgehead atoms. The maximum atomic E-state index is 9.33. The minimum atomic E-state index is 0.312. The van der Waals surface area contributed by atoms with Crippen molar-refractivity contribution in [3.05, 3.63) is 29.8 Å². The lowest BCUT2D eigenvalue weighted by atomic mass is 10.2. The maximum absolute atomic E-state index is 9.33. The predicted molar refractivity (Wildman–Crippen MR) is 74.9 cm³/mol. The third-order valence-electron chi connectivity index (χ3n) is 2.29. The molecule has 0 amide bonds. The van der Waals surface area contributed by atoms with Crippen LogP contribution in [0.25, 0.3) is 0 Å². The Morgan fingerprint density at radius 1 is 1.38 bits per heavy atom. The minimum Gasteiger partial charge on any atom is -0.508 e. The Hall–Kier alpha value is -0.740. The minimum absolute atomic E-state index is 0.312. The molecule has 0 spiro atoms. The summed E-state index contributed by atoms with van der Waals surface area (Å²) in [4.78, 5) is 2.16. The summed E-state index contributed by atoms with van der Waals surface area (Å²) in [5.74, 6) is 1.12. The zero-order valence-corrected chi connectivity index (χ0v) is 11.3. The van der Waals surface area contributed by atoms with Crippen LogP contribution in [0.15, 0.2) is 24.3 Å². The highest BCUT2D eigenvalue weighted by atomic mass is 32.2. The van der Waals surface area contributed by atoms with E-state index in [-0.39, 0.29) is 0 Å². The standard InChI is InChI=1S/C12H17NOS2/c1-3-13(4-2)12(15)16-9-10-6-5-7-11(14)8-10/h5-8,14H,3-4,9H2,1-2H3. The number of benzene rings is 1. The summed E-state index contributed by atoms with van der Waals surface area (Å²) in [5, 5.41) is 9.33. The first-order valence-electron chi connectivity index (χ1n) is 5.37. The number of thioether (sulfide) groups is 1. The van der Waals surface area contributed by atoms with Crippen molar-refractivity contribution in [2.75, 3.05) is 13.1 Å². The number of phenolic OH excluding ortho intramolecular Hbond substituents is 1. The van der Waals surface area contributed by atoms with Crippen molar-refractivity contribution in [2.45, 2.75) is 19.6 Å². The Kier molecular flexibility index (Phi) is 5.63. The fourth-order valence-corrected chi connectivity index (χ4v) is 2.71. The molecule has 4 heteroatoms. The molecule has 1 aromatic rings. The van der Waals surface area contributed by atoms with Gasteiger partial charge in [-0.2, -0.15) is 0 Å². The van der Waals surface area contributed by atoms with E-state index in [0.717, 1.165) is 28.7 Å². The molecule has 0 saturated carbocycles. The Morgan fingerprint density at radius 2 is 2.06 bits per heavy atom. The van der Waals surface area contributed by atoms with Gasteiger partial charge in [0.2, 0.25) is 0 Å². The van der Waals surface area contributed by atoms with Crippen molar-refractivity contribution in [2.24, 2.45) is 0 Å². The van der Waals surface area contributed by atoms with Crippen molar-refractivity contribution in [1.82, 2.24) is 4.90 Å². The molecule has 88 valence electrons. The Morgan fingerprint density at radius 3 is 2.62 bits per heavy atom. The lowest BCUT2D eigenvalue weighted by Crippen LogP contribution is -2.26. The van der Waals surface area contributed by atoms with E-state index in [1.165, 1.54) is 0 Å². The number of thiocarbonyl (C=S) groups is 1. The van der Waals surface area contributed by atoms with Crippen LogP contribution in [0.3, 0.4) is 0 Å². The highest BCUT2D eigenvalue weighted by Gasteiger charge is 2.06. The monoisotopic (exact) mass is 255 g/mol. The second-order valence-electron chi connectivity index (χ2n) is 3.40. The first-order valence-corrected chi connectivity index (χ1v) is 6.76. The van der Waals surface area contributed by atoms with Gasteiger partial charge < -0.3 is 10.0 Å². The van der Waals surface area contributed by atoms with Gasteiger partial charge in [0.1, 0.15) is 10.1 Å². The van der Waals surface area contributed by atoms with Gasteiger partial charge in [-0.15, -0.1) is 0 Å². The van der Waals surface area contributed by atoms with Gasteiger partial charge in [0.25, 0.3) is 0 Å². The first-order chi connectivity index (χ1) is 7.67. The highest BCUT2D eigenvalue weighted by molar-refractivity contribution is 8.22. The fraction of sp³-hybridized carbons (Fsp3) is 0.417. The lowest BCUT2D eigenvalue weighted by molar-refractivity contribution is 0.475. The van der Waals surface area contributed by atoms with Gasteiger partial charge in [-0.3, -0.25) is 0 Å². The average Bonchev–Trinajstić information content (AvgIpc) is 2.28. The number of phenols is 1. The molecule has 0 aliphatic carbocycles. The SMILES string of the molecule is CCN(CC)C(=S)SCc1cccc(O)c1. The van der Waals surface area contributed by atoms with E-state index in [1.807, 2.05) is 12.1 Å². The van der Waals surface area contributed by atoms with Crippen molar-refractivity contribution in [3.8, 4) is 5.75 Å². The largest absolute Gasteiger partial charge is 0.508 e. The summed E-state index contributed by atoms with van der Waals surface area (Å²) >= 11 is 6.97. The van der Waals surface area contributed by atoms with Gasteiger partial charge in [-0.25, -0.2) is 0 Å². The van der Waals surface area contributed by atoms with E-state index in [1.54, 1.807) is 23.9 Å². The molecule has 0 unspecified atom stereocenters. The maximum Gasteiger partial charge on any atom is 0.136 e. The molecular formula is C12H17NOS2. The molecule has 16 heavy (non-hydrogen) atoms. The van der Waals surface area contributed by atoms with Crippen molar-refractivity contribution >= 4 is 28.3 Å². The van der Waals surface area contributed by atoms with E-state index in [4.69, 9.17) is 12.2 Å². The Labute approximate surface area is 107 Å². The molecule has 0 heterocycles. The zero-order chi connectivity index (χ0) is 12.0. The third-order valence-corrected chi connectivity index (χ3v) is 3.89. The predicted octanol–water partition coefficient (Wildman–Crippen LogP) is 3.25. The van der Waals surface area contributed by atoms with Gasteiger partial charge in [-0.05, 0) is 31.5 Å². The van der Waals surface area contributed by atoms with Crippen LogP contribution in [0.2, 0.25) is 0 Å². The van der Waals surface area contributed by atoms with Crippen LogP contribution in [0.5, 0.6) is 5.75 Å². The van der Waals surface area contributed by atoms with Gasteiger partial charge in [0.15, 0.2) is 0 Å². The summed E-state index contributed by atoms with van der Waals surface area (Å²) in [6, 6.07) is 7.30. The molecular weight excluding hydrogens is 238 g/mol. The van der Waals surface area contributed by atoms with Crippen molar-refractivity contribution in [3.63, 3.8) is 0 Å². The summed E-state index contributed by atoms with van der Waals surface area (Å²) in [6.07, 6.45) is 0. The zero-order valence-electron chi connectivity index (χ0n) is 9.64. The lowest BCUT2D eigenvalue weighted by Gasteiger charge is -2.20. The second kappa shape index (κ2) is 6.76.